The fourth-order valence-corrected chi connectivity index (χ4v) is 2.57. The van der Waals surface area contributed by atoms with Crippen LogP contribution in [0.15, 0.2) is 54.6 Å². The Hall–Kier alpha value is -1.60. The molecular formula is C19H24O. The highest BCUT2D eigenvalue weighted by atomic mass is 16.3. The van der Waals surface area contributed by atoms with Gasteiger partial charge >= 0.3 is 0 Å². The van der Waals surface area contributed by atoms with E-state index in [4.69, 9.17) is 0 Å². The Morgan fingerprint density at radius 1 is 0.900 bits per heavy atom. The van der Waals surface area contributed by atoms with Crippen LogP contribution in [-0.2, 0) is 11.8 Å². The summed E-state index contributed by atoms with van der Waals surface area (Å²) in [6, 6.07) is 18.6. The van der Waals surface area contributed by atoms with Crippen LogP contribution in [0.1, 0.15) is 50.0 Å². The van der Waals surface area contributed by atoms with Gasteiger partial charge < -0.3 is 5.11 Å². The molecule has 0 bridgehead atoms. The van der Waals surface area contributed by atoms with Crippen LogP contribution < -0.4 is 0 Å². The van der Waals surface area contributed by atoms with Crippen LogP contribution in [0.3, 0.4) is 0 Å². The average molecular weight is 268 g/mol. The maximum atomic E-state index is 10.5. The van der Waals surface area contributed by atoms with E-state index >= 15 is 0 Å². The van der Waals surface area contributed by atoms with Gasteiger partial charge in [-0.15, -0.1) is 0 Å². The lowest BCUT2D eigenvalue weighted by atomic mass is 9.81. The van der Waals surface area contributed by atoms with E-state index in [9.17, 15) is 5.11 Å². The van der Waals surface area contributed by atoms with Crippen molar-refractivity contribution in [2.45, 2.75) is 45.1 Å². The zero-order valence-electron chi connectivity index (χ0n) is 12.6. The molecule has 1 heteroatoms. The molecule has 0 saturated heterocycles. The Labute approximate surface area is 122 Å². The largest absolute Gasteiger partial charge is 0.388 e. The van der Waals surface area contributed by atoms with Crippen LogP contribution in [0.4, 0.5) is 0 Å². The molecule has 0 amide bonds. The number of aliphatic hydroxyl groups is 1. The zero-order chi connectivity index (χ0) is 14.6. The smallest absolute Gasteiger partial charge is 0.0796 e. The van der Waals surface area contributed by atoms with E-state index < -0.39 is 6.10 Å². The van der Waals surface area contributed by atoms with E-state index in [-0.39, 0.29) is 5.41 Å². The van der Waals surface area contributed by atoms with Crippen molar-refractivity contribution in [2.24, 2.45) is 0 Å². The molecule has 1 atom stereocenters. The Balaban J connectivity index is 2.12. The van der Waals surface area contributed by atoms with E-state index in [0.29, 0.717) is 0 Å². The number of aryl methyl sites for hydroxylation is 1. The van der Waals surface area contributed by atoms with Crippen LogP contribution in [0.2, 0.25) is 0 Å². The summed E-state index contributed by atoms with van der Waals surface area (Å²) in [6.07, 6.45) is 1.27. The maximum absolute atomic E-state index is 10.5. The molecule has 0 aromatic heterocycles. The third-order valence-electron chi connectivity index (χ3n) is 3.68. The minimum Gasteiger partial charge on any atom is -0.388 e. The van der Waals surface area contributed by atoms with Crippen LogP contribution in [0.5, 0.6) is 0 Å². The second kappa shape index (κ2) is 6.23. The number of aliphatic hydroxyl groups excluding tert-OH is 1. The van der Waals surface area contributed by atoms with Gasteiger partial charge in [-0.05, 0) is 34.9 Å². The van der Waals surface area contributed by atoms with E-state index in [2.05, 4.69) is 45.0 Å². The molecule has 0 aliphatic rings. The van der Waals surface area contributed by atoms with Crippen molar-refractivity contribution in [1.29, 1.82) is 0 Å². The molecule has 0 spiro atoms. The molecule has 0 aliphatic heterocycles. The number of hydrogen-bond acceptors (Lipinski definition) is 1. The Morgan fingerprint density at radius 2 is 1.50 bits per heavy atom. The van der Waals surface area contributed by atoms with Crippen LogP contribution in [0.25, 0.3) is 0 Å². The molecule has 0 aliphatic carbocycles. The van der Waals surface area contributed by atoms with E-state index in [1.54, 1.807) is 0 Å². The molecule has 20 heavy (non-hydrogen) atoms. The summed E-state index contributed by atoms with van der Waals surface area (Å²) in [5.41, 5.74) is 3.64. The second-order valence-electron chi connectivity index (χ2n) is 6.38. The van der Waals surface area contributed by atoms with Gasteiger partial charge in [-0.1, -0.05) is 75.4 Å². The highest BCUT2D eigenvalue weighted by Crippen LogP contribution is 2.31. The third kappa shape index (κ3) is 3.71. The first-order chi connectivity index (χ1) is 9.48. The number of hydrogen-bond donors (Lipinski definition) is 1. The van der Waals surface area contributed by atoms with Crippen molar-refractivity contribution >= 4 is 0 Å². The summed E-state index contributed by atoms with van der Waals surface area (Å²) >= 11 is 0. The van der Waals surface area contributed by atoms with Crippen molar-refractivity contribution in [3.63, 3.8) is 0 Å². The zero-order valence-corrected chi connectivity index (χ0v) is 12.6. The van der Waals surface area contributed by atoms with E-state index in [1.807, 2.05) is 30.3 Å². The molecule has 2 aromatic rings. The molecular weight excluding hydrogens is 244 g/mol. The van der Waals surface area contributed by atoms with Gasteiger partial charge in [0.15, 0.2) is 0 Å². The molecule has 0 fully saturated rings. The first kappa shape index (κ1) is 14.8. The Kier molecular flexibility index (Phi) is 4.61. The predicted molar refractivity (Wildman–Crippen MR) is 84.9 cm³/mol. The van der Waals surface area contributed by atoms with E-state index in [0.717, 1.165) is 18.4 Å². The van der Waals surface area contributed by atoms with Gasteiger partial charge in [0, 0.05) is 0 Å². The van der Waals surface area contributed by atoms with Gasteiger partial charge in [-0.2, -0.15) is 0 Å². The fourth-order valence-electron chi connectivity index (χ4n) is 2.57. The van der Waals surface area contributed by atoms with Crippen LogP contribution >= 0.6 is 0 Å². The molecule has 1 unspecified atom stereocenters. The summed E-state index contributed by atoms with van der Waals surface area (Å²) < 4.78 is 0. The molecule has 1 nitrogen and oxygen atoms in total. The lowest BCUT2D eigenvalue weighted by molar-refractivity contribution is 0.165. The summed E-state index contributed by atoms with van der Waals surface area (Å²) in [5, 5.41) is 10.5. The molecule has 0 saturated carbocycles. The quantitative estimate of drug-likeness (QED) is 0.855. The van der Waals surface area contributed by atoms with Crippen molar-refractivity contribution in [2.75, 3.05) is 0 Å². The predicted octanol–water partition coefficient (Wildman–Crippen LogP) is 4.65. The molecule has 2 aromatic carbocycles. The maximum Gasteiger partial charge on any atom is 0.0796 e. The van der Waals surface area contributed by atoms with Gasteiger partial charge in [-0.25, -0.2) is 0 Å². The lowest BCUT2D eigenvalue weighted by Gasteiger charge is -2.25. The van der Waals surface area contributed by atoms with Gasteiger partial charge in [0.2, 0.25) is 0 Å². The SMILES string of the molecule is CC(C)(C)c1ccccc1C(O)CCc1ccccc1. The van der Waals surface area contributed by atoms with Crippen LogP contribution in [0, 0.1) is 0 Å². The summed E-state index contributed by atoms with van der Waals surface area (Å²) in [6.45, 7) is 6.57. The first-order valence-corrected chi connectivity index (χ1v) is 7.30. The minimum absolute atomic E-state index is 0.0598. The van der Waals surface area contributed by atoms with Gasteiger partial charge in [0.25, 0.3) is 0 Å². The molecule has 0 radical (unpaired) electrons. The monoisotopic (exact) mass is 268 g/mol. The van der Waals surface area contributed by atoms with E-state index in [1.165, 1.54) is 11.1 Å². The van der Waals surface area contributed by atoms with Gasteiger partial charge in [0.05, 0.1) is 6.10 Å². The average Bonchev–Trinajstić information content (AvgIpc) is 2.45. The normalized spacial score (nSPS) is 13.2. The van der Waals surface area contributed by atoms with Crippen LogP contribution in [-0.4, -0.2) is 5.11 Å². The lowest BCUT2D eigenvalue weighted by Crippen LogP contribution is -2.16. The molecule has 0 heterocycles. The highest BCUT2D eigenvalue weighted by Gasteiger charge is 2.21. The van der Waals surface area contributed by atoms with Crippen molar-refractivity contribution < 1.29 is 5.11 Å². The van der Waals surface area contributed by atoms with Gasteiger partial charge in [0.1, 0.15) is 0 Å². The molecule has 2 rings (SSSR count). The van der Waals surface area contributed by atoms with Crippen molar-refractivity contribution in [3.05, 3.63) is 71.3 Å². The Bertz CT molecular complexity index is 537. The van der Waals surface area contributed by atoms with Crippen molar-refractivity contribution in [1.82, 2.24) is 0 Å². The number of rotatable bonds is 4. The standard InChI is InChI=1S/C19H24O/c1-19(2,3)17-12-8-7-11-16(17)18(20)14-13-15-9-5-4-6-10-15/h4-12,18,20H,13-14H2,1-3H3. The summed E-state index contributed by atoms with van der Waals surface area (Å²) in [7, 11) is 0. The Morgan fingerprint density at radius 3 is 2.15 bits per heavy atom. The highest BCUT2D eigenvalue weighted by molar-refractivity contribution is 5.34. The topological polar surface area (TPSA) is 20.2 Å². The van der Waals surface area contributed by atoms with Crippen molar-refractivity contribution in [3.8, 4) is 0 Å². The second-order valence-corrected chi connectivity index (χ2v) is 6.38. The number of benzene rings is 2. The minimum atomic E-state index is -0.398. The third-order valence-corrected chi connectivity index (χ3v) is 3.68. The van der Waals surface area contributed by atoms with Gasteiger partial charge in [-0.3, -0.25) is 0 Å². The summed E-state index contributed by atoms with van der Waals surface area (Å²) in [5.74, 6) is 0. The first-order valence-electron chi connectivity index (χ1n) is 7.30. The fraction of sp³-hybridized carbons (Fsp3) is 0.368. The summed E-state index contributed by atoms with van der Waals surface area (Å²) in [4.78, 5) is 0. The molecule has 1 N–H and O–H groups in total. The molecule has 106 valence electrons.